The number of phenols is 1. The van der Waals surface area contributed by atoms with Gasteiger partial charge in [0.2, 0.25) is 0 Å². The maximum atomic E-state index is 10.3. The van der Waals surface area contributed by atoms with Gasteiger partial charge >= 0.3 is 0 Å². The fourth-order valence-electron chi connectivity index (χ4n) is 3.67. The van der Waals surface area contributed by atoms with E-state index in [-0.39, 0.29) is 10.6 Å². The molecule has 0 saturated carbocycles. The summed E-state index contributed by atoms with van der Waals surface area (Å²) in [6.45, 7) is 8.28. The number of nitrogens with one attached hydrogen (secondary N) is 1. The summed E-state index contributed by atoms with van der Waals surface area (Å²) in [6.07, 6.45) is 2.36. The molecule has 0 unspecified atom stereocenters. The highest BCUT2D eigenvalue weighted by Crippen LogP contribution is 2.14. The fraction of sp³-hybridized carbons (Fsp3) is 0.308. The van der Waals surface area contributed by atoms with E-state index in [1.54, 1.807) is 4.90 Å². The van der Waals surface area contributed by atoms with Gasteiger partial charge in [-0.1, -0.05) is 60.7 Å². The van der Waals surface area contributed by atoms with E-state index in [9.17, 15) is 13.0 Å². The van der Waals surface area contributed by atoms with Crippen molar-refractivity contribution in [2.24, 2.45) is 5.92 Å². The molecule has 0 aliphatic rings. The number of phenolic OH excluding ortho intramolecular Hbond substituents is 1. The number of rotatable bonds is 9. The molecule has 32 heavy (non-hydrogen) atoms. The van der Waals surface area contributed by atoms with Gasteiger partial charge in [-0.25, -0.2) is 8.42 Å². The maximum absolute atomic E-state index is 10.3. The summed E-state index contributed by atoms with van der Waals surface area (Å²) >= 11 is 0. The molecular weight excluding hydrogens is 422 g/mol. The Morgan fingerprint density at radius 3 is 1.59 bits per heavy atom. The molecule has 0 heterocycles. The van der Waals surface area contributed by atoms with Crippen LogP contribution in [0.2, 0.25) is 0 Å². The lowest BCUT2D eigenvalue weighted by molar-refractivity contribution is -0.899. The van der Waals surface area contributed by atoms with Crippen LogP contribution in [-0.4, -0.2) is 37.7 Å². The number of quaternary nitrogens is 1. The average Bonchev–Trinajstić information content (AvgIpc) is 2.79. The van der Waals surface area contributed by atoms with Gasteiger partial charge in [-0.3, -0.25) is 0 Å². The third kappa shape index (κ3) is 9.22. The molecule has 6 heteroatoms. The maximum Gasteiger partial charge on any atom is 0.124 e. The lowest BCUT2D eigenvalue weighted by atomic mass is 9.92. The smallest absolute Gasteiger partial charge is 0.124 e. The highest BCUT2D eigenvalue weighted by Gasteiger charge is 2.16. The van der Waals surface area contributed by atoms with Gasteiger partial charge in [-0.2, -0.15) is 0 Å². The number of aromatic hydroxyl groups is 1. The van der Waals surface area contributed by atoms with E-state index >= 15 is 0 Å². The lowest BCUT2D eigenvalue weighted by Crippen LogP contribution is -3.12. The van der Waals surface area contributed by atoms with Gasteiger partial charge in [0.25, 0.3) is 0 Å². The number of benzene rings is 3. The molecule has 0 radical (unpaired) electrons. The van der Waals surface area contributed by atoms with Crippen LogP contribution < -0.4 is 4.90 Å². The predicted molar refractivity (Wildman–Crippen MR) is 127 cm³/mol. The second kappa shape index (κ2) is 13.0. The zero-order valence-corrected chi connectivity index (χ0v) is 19.6. The van der Waals surface area contributed by atoms with Crippen LogP contribution in [0.25, 0.3) is 0 Å². The zero-order chi connectivity index (χ0) is 23.4. The molecule has 0 saturated heterocycles. The third-order valence-corrected chi connectivity index (χ3v) is 6.29. The van der Waals surface area contributed by atoms with E-state index in [1.807, 2.05) is 0 Å². The van der Waals surface area contributed by atoms with Crippen LogP contribution in [0.1, 0.15) is 25.0 Å². The van der Waals surface area contributed by atoms with Gasteiger partial charge in [0.05, 0.1) is 24.5 Å². The van der Waals surface area contributed by atoms with Crippen LogP contribution in [0.5, 0.6) is 5.75 Å². The molecule has 3 rings (SSSR count). The normalized spacial score (nSPS) is 11.3. The Morgan fingerprint density at radius 2 is 1.22 bits per heavy atom. The van der Waals surface area contributed by atoms with Crippen molar-refractivity contribution < 1.29 is 23.0 Å². The van der Waals surface area contributed by atoms with Gasteiger partial charge in [0.1, 0.15) is 15.9 Å². The Kier molecular flexibility index (Phi) is 10.4. The van der Waals surface area contributed by atoms with Crippen LogP contribution >= 0.6 is 0 Å². The Labute approximate surface area is 192 Å². The molecule has 0 atom stereocenters. The summed E-state index contributed by atoms with van der Waals surface area (Å²) in [5.41, 5.74) is 2.93. The summed E-state index contributed by atoms with van der Waals surface area (Å²) in [5.74, 6) is 0.641. The van der Waals surface area contributed by atoms with Gasteiger partial charge < -0.3 is 14.6 Å². The van der Waals surface area contributed by atoms with Crippen LogP contribution in [0, 0.1) is 5.92 Å². The largest absolute Gasteiger partial charge is 0.744 e. The van der Waals surface area contributed by atoms with Crippen molar-refractivity contribution in [3.63, 3.8) is 0 Å². The molecule has 0 aromatic heterocycles. The highest BCUT2D eigenvalue weighted by atomic mass is 32.2. The van der Waals surface area contributed by atoms with E-state index in [2.05, 4.69) is 74.5 Å². The molecule has 0 fully saturated rings. The highest BCUT2D eigenvalue weighted by molar-refractivity contribution is 7.85. The summed E-state index contributed by atoms with van der Waals surface area (Å²) in [4.78, 5) is 1.36. The minimum absolute atomic E-state index is 0.0719. The summed E-state index contributed by atoms with van der Waals surface area (Å²) in [7, 11) is -4.38. The van der Waals surface area contributed by atoms with E-state index < -0.39 is 10.1 Å². The van der Waals surface area contributed by atoms with E-state index in [0.29, 0.717) is 5.92 Å². The van der Waals surface area contributed by atoms with Crippen LogP contribution in [0.4, 0.5) is 0 Å². The Morgan fingerprint density at radius 1 is 0.781 bits per heavy atom. The van der Waals surface area contributed by atoms with Gasteiger partial charge in [-0.05, 0) is 62.1 Å². The van der Waals surface area contributed by atoms with Gasteiger partial charge in [0, 0.05) is 5.92 Å². The quantitative estimate of drug-likeness (QED) is 0.485. The van der Waals surface area contributed by atoms with E-state index in [4.69, 9.17) is 5.11 Å². The molecule has 3 aromatic rings. The predicted octanol–water partition coefficient (Wildman–Crippen LogP) is 3.31. The molecule has 0 amide bonds. The van der Waals surface area contributed by atoms with Crippen molar-refractivity contribution >= 4 is 10.1 Å². The SMILES string of the molecule is CC[NH+](CC)CC(Cc1ccccc1)Cc1ccccc1.O=S(=O)([O-])c1ccc(O)cc1. The molecular formula is C26H33NO4S. The fourth-order valence-corrected chi connectivity index (χ4v) is 4.14. The topological polar surface area (TPSA) is 81.9 Å². The molecule has 3 aromatic carbocycles. The third-order valence-electron chi connectivity index (χ3n) is 5.44. The molecule has 5 nitrogen and oxygen atoms in total. The average molecular weight is 456 g/mol. The Balaban J connectivity index is 0.000000278. The van der Waals surface area contributed by atoms with E-state index in [1.165, 1.54) is 43.6 Å². The summed E-state index contributed by atoms with van der Waals surface area (Å²) in [6, 6.07) is 26.2. The minimum atomic E-state index is -4.38. The van der Waals surface area contributed by atoms with Crippen molar-refractivity contribution in [2.45, 2.75) is 31.6 Å². The first kappa shape index (κ1) is 25.6. The molecule has 0 bridgehead atoms. The monoisotopic (exact) mass is 455 g/mol. The van der Waals surface area contributed by atoms with Crippen LogP contribution in [0.15, 0.2) is 89.8 Å². The first-order chi connectivity index (χ1) is 15.3. The molecule has 0 aliphatic heterocycles. The van der Waals surface area contributed by atoms with E-state index in [0.717, 1.165) is 24.3 Å². The van der Waals surface area contributed by atoms with Gasteiger partial charge in [0.15, 0.2) is 0 Å². The zero-order valence-electron chi connectivity index (χ0n) is 18.8. The standard InChI is InChI=1S/C20H27N.C6H6O4S/c1-3-21(4-2)17-20(15-18-11-7-5-8-12-18)16-19-13-9-6-10-14-19;7-5-1-3-6(4-2-5)11(8,9)10/h5-14,20H,3-4,15-17H2,1-2H3;1-4,7H,(H,8,9,10). The van der Waals surface area contributed by atoms with Crippen molar-refractivity contribution in [3.05, 3.63) is 96.1 Å². The second-order valence-corrected chi connectivity index (χ2v) is 9.23. The minimum Gasteiger partial charge on any atom is -0.744 e. The Hall–Kier alpha value is -2.67. The summed E-state index contributed by atoms with van der Waals surface area (Å²) < 4.78 is 30.9. The Bertz CT molecular complexity index is 961. The molecule has 172 valence electrons. The number of hydrogen-bond donors (Lipinski definition) is 2. The van der Waals surface area contributed by atoms with Crippen molar-refractivity contribution in [2.75, 3.05) is 19.6 Å². The first-order valence-electron chi connectivity index (χ1n) is 11.0. The van der Waals surface area contributed by atoms with Crippen molar-refractivity contribution in [1.82, 2.24) is 0 Å². The molecule has 0 aliphatic carbocycles. The number of hydrogen-bond acceptors (Lipinski definition) is 4. The summed E-state index contributed by atoms with van der Waals surface area (Å²) in [5, 5.41) is 8.73. The second-order valence-electron chi connectivity index (χ2n) is 7.85. The van der Waals surface area contributed by atoms with Crippen molar-refractivity contribution in [1.29, 1.82) is 0 Å². The van der Waals surface area contributed by atoms with Crippen LogP contribution in [-0.2, 0) is 23.0 Å². The molecule has 2 N–H and O–H groups in total. The first-order valence-corrected chi connectivity index (χ1v) is 12.4. The van der Waals surface area contributed by atoms with Crippen molar-refractivity contribution in [3.8, 4) is 5.75 Å². The van der Waals surface area contributed by atoms with Gasteiger partial charge in [-0.15, -0.1) is 0 Å². The lowest BCUT2D eigenvalue weighted by Gasteiger charge is -2.23. The van der Waals surface area contributed by atoms with Crippen LogP contribution in [0.3, 0.4) is 0 Å². The molecule has 0 spiro atoms.